The van der Waals surface area contributed by atoms with Crippen molar-refractivity contribution in [1.82, 2.24) is 10.3 Å². The van der Waals surface area contributed by atoms with Crippen LogP contribution in [0.4, 0.5) is 11.5 Å². The predicted octanol–water partition coefficient (Wildman–Crippen LogP) is 3.77. The lowest BCUT2D eigenvalue weighted by atomic mass is 10.2. The number of nitrogens with zero attached hydrogens (tertiary/aromatic N) is 1. The van der Waals surface area contributed by atoms with Crippen LogP contribution in [0.3, 0.4) is 0 Å². The van der Waals surface area contributed by atoms with Gasteiger partial charge in [-0.2, -0.15) is 0 Å². The smallest absolute Gasteiger partial charge is 0.253 e. The highest BCUT2D eigenvalue weighted by Gasteiger charge is 2.08. The van der Waals surface area contributed by atoms with Crippen LogP contribution in [0.1, 0.15) is 15.9 Å². The Bertz CT molecular complexity index is 896. The molecule has 0 radical (unpaired) electrons. The number of anilines is 2. The van der Waals surface area contributed by atoms with Crippen LogP contribution < -0.4 is 20.1 Å². The van der Waals surface area contributed by atoms with Gasteiger partial charge in [0.1, 0.15) is 17.3 Å². The zero-order chi connectivity index (χ0) is 19.1. The van der Waals surface area contributed by atoms with Gasteiger partial charge in [0.05, 0.1) is 25.5 Å². The van der Waals surface area contributed by atoms with Crippen LogP contribution in [0.15, 0.2) is 66.9 Å². The molecule has 2 N–H and O–H groups in total. The van der Waals surface area contributed by atoms with E-state index in [2.05, 4.69) is 15.6 Å². The fourth-order valence-corrected chi connectivity index (χ4v) is 2.52. The number of nitrogens with one attached hydrogen (secondary N) is 2. The summed E-state index contributed by atoms with van der Waals surface area (Å²) in [4.78, 5) is 16.6. The standard InChI is InChI=1S/C21H21N3O3/c1-26-17-9-10-18(19(12-17)27-2)24-20-11-8-16(14-22-20)21(25)23-13-15-6-4-3-5-7-15/h3-12,14H,13H2,1-2H3,(H,22,24)(H,23,25). The van der Waals surface area contributed by atoms with E-state index in [9.17, 15) is 4.79 Å². The van der Waals surface area contributed by atoms with Crippen molar-refractivity contribution in [1.29, 1.82) is 0 Å². The van der Waals surface area contributed by atoms with E-state index < -0.39 is 0 Å². The van der Waals surface area contributed by atoms with E-state index in [0.717, 1.165) is 11.3 Å². The normalized spacial score (nSPS) is 10.1. The molecule has 138 valence electrons. The fraction of sp³-hybridized carbons (Fsp3) is 0.143. The monoisotopic (exact) mass is 363 g/mol. The highest BCUT2D eigenvalue weighted by Crippen LogP contribution is 2.30. The van der Waals surface area contributed by atoms with Gasteiger partial charge in [0, 0.05) is 18.8 Å². The van der Waals surface area contributed by atoms with Crippen molar-refractivity contribution < 1.29 is 14.3 Å². The Morgan fingerprint density at radius 1 is 1.00 bits per heavy atom. The molecule has 0 spiro atoms. The van der Waals surface area contributed by atoms with Gasteiger partial charge in [0.15, 0.2) is 0 Å². The van der Waals surface area contributed by atoms with Gasteiger partial charge in [-0.15, -0.1) is 0 Å². The van der Waals surface area contributed by atoms with Crippen molar-refractivity contribution in [2.45, 2.75) is 6.54 Å². The lowest BCUT2D eigenvalue weighted by Crippen LogP contribution is -2.22. The third-order valence-electron chi connectivity index (χ3n) is 3.99. The molecule has 3 rings (SSSR count). The van der Waals surface area contributed by atoms with Crippen LogP contribution in [-0.2, 0) is 6.54 Å². The maximum absolute atomic E-state index is 12.3. The molecular weight excluding hydrogens is 342 g/mol. The molecule has 0 saturated carbocycles. The van der Waals surface area contributed by atoms with Crippen LogP contribution in [0, 0.1) is 0 Å². The van der Waals surface area contributed by atoms with Gasteiger partial charge in [-0.1, -0.05) is 30.3 Å². The van der Waals surface area contributed by atoms with Gasteiger partial charge >= 0.3 is 0 Å². The summed E-state index contributed by atoms with van der Waals surface area (Å²) < 4.78 is 10.6. The topological polar surface area (TPSA) is 72.5 Å². The first-order valence-electron chi connectivity index (χ1n) is 8.47. The van der Waals surface area contributed by atoms with E-state index in [1.165, 1.54) is 0 Å². The van der Waals surface area contributed by atoms with E-state index in [1.54, 1.807) is 38.6 Å². The number of hydrogen-bond acceptors (Lipinski definition) is 5. The summed E-state index contributed by atoms with van der Waals surface area (Å²) in [5, 5.41) is 6.06. The molecule has 0 fully saturated rings. The summed E-state index contributed by atoms with van der Waals surface area (Å²) in [6.07, 6.45) is 1.54. The maximum atomic E-state index is 12.3. The van der Waals surface area contributed by atoms with E-state index in [4.69, 9.17) is 9.47 Å². The van der Waals surface area contributed by atoms with Crippen molar-refractivity contribution in [2.75, 3.05) is 19.5 Å². The van der Waals surface area contributed by atoms with Crippen LogP contribution in [-0.4, -0.2) is 25.1 Å². The summed E-state index contributed by atoms with van der Waals surface area (Å²) in [5.41, 5.74) is 2.30. The Kier molecular flexibility index (Phi) is 5.89. The summed E-state index contributed by atoms with van der Waals surface area (Å²) in [6.45, 7) is 0.475. The number of benzene rings is 2. The summed E-state index contributed by atoms with van der Waals surface area (Å²) in [5.74, 6) is 1.79. The second-order valence-corrected chi connectivity index (χ2v) is 5.79. The number of ether oxygens (including phenoxy) is 2. The summed E-state index contributed by atoms with van der Waals surface area (Å²) in [6, 6.07) is 18.7. The summed E-state index contributed by atoms with van der Waals surface area (Å²) in [7, 11) is 3.19. The van der Waals surface area contributed by atoms with Crippen molar-refractivity contribution in [3.05, 3.63) is 78.0 Å². The number of hydrogen-bond donors (Lipinski definition) is 2. The Hall–Kier alpha value is -3.54. The van der Waals surface area contributed by atoms with Crippen molar-refractivity contribution in [3.8, 4) is 11.5 Å². The highest BCUT2D eigenvalue weighted by molar-refractivity contribution is 5.94. The molecule has 0 unspecified atom stereocenters. The molecule has 1 heterocycles. The molecule has 0 aliphatic carbocycles. The molecular formula is C21H21N3O3. The second kappa shape index (κ2) is 8.71. The number of aromatic nitrogens is 1. The predicted molar refractivity (Wildman–Crippen MR) is 105 cm³/mol. The second-order valence-electron chi connectivity index (χ2n) is 5.79. The van der Waals surface area contributed by atoms with Crippen LogP contribution in [0.5, 0.6) is 11.5 Å². The first kappa shape index (κ1) is 18.3. The Morgan fingerprint density at radius 2 is 1.81 bits per heavy atom. The first-order chi connectivity index (χ1) is 13.2. The molecule has 6 heteroatoms. The number of pyridine rings is 1. The minimum absolute atomic E-state index is 0.167. The van der Waals surface area contributed by atoms with E-state index >= 15 is 0 Å². The minimum atomic E-state index is -0.167. The molecule has 6 nitrogen and oxygen atoms in total. The van der Waals surface area contributed by atoms with Gasteiger partial charge in [-0.25, -0.2) is 4.98 Å². The number of carbonyl (C=O) groups excluding carboxylic acids is 1. The molecule has 27 heavy (non-hydrogen) atoms. The lowest BCUT2D eigenvalue weighted by Gasteiger charge is -2.12. The first-order valence-corrected chi connectivity index (χ1v) is 8.47. The van der Waals surface area contributed by atoms with Gasteiger partial charge < -0.3 is 20.1 Å². The average Bonchev–Trinajstić information content (AvgIpc) is 2.73. The van der Waals surface area contributed by atoms with E-state index in [-0.39, 0.29) is 5.91 Å². The number of amides is 1. The van der Waals surface area contributed by atoms with Gasteiger partial charge in [-0.05, 0) is 29.8 Å². The van der Waals surface area contributed by atoms with Gasteiger partial charge in [0.25, 0.3) is 5.91 Å². The Labute approximate surface area is 158 Å². The molecule has 0 bridgehead atoms. The van der Waals surface area contributed by atoms with E-state index in [1.807, 2.05) is 42.5 Å². The fourth-order valence-electron chi connectivity index (χ4n) is 2.52. The number of methoxy groups -OCH3 is 2. The minimum Gasteiger partial charge on any atom is -0.497 e. The van der Waals surface area contributed by atoms with E-state index in [0.29, 0.717) is 29.4 Å². The van der Waals surface area contributed by atoms with Crippen LogP contribution in [0.25, 0.3) is 0 Å². The SMILES string of the molecule is COc1ccc(Nc2ccc(C(=O)NCc3ccccc3)cn2)c(OC)c1. The van der Waals surface area contributed by atoms with Gasteiger partial charge in [-0.3, -0.25) is 4.79 Å². The van der Waals surface area contributed by atoms with Crippen molar-refractivity contribution >= 4 is 17.4 Å². The number of carbonyl (C=O) groups is 1. The van der Waals surface area contributed by atoms with Gasteiger partial charge in [0.2, 0.25) is 0 Å². The average molecular weight is 363 g/mol. The zero-order valence-electron chi connectivity index (χ0n) is 15.2. The number of rotatable bonds is 7. The molecule has 0 aliphatic rings. The molecule has 1 amide bonds. The summed E-state index contributed by atoms with van der Waals surface area (Å²) >= 11 is 0. The van der Waals surface area contributed by atoms with Crippen molar-refractivity contribution in [3.63, 3.8) is 0 Å². The van der Waals surface area contributed by atoms with Crippen LogP contribution >= 0.6 is 0 Å². The van der Waals surface area contributed by atoms with Crippen molar-refractivity contribution in [2.24, 2.45) is 0 Å². The van der Waals surface area contributed by atoms with Crippen LogP contribution in [0.2, 0.25) is 0 Å². The lowest BCUT2D eigenvalue weighted by molar-refractivity contribution is 0.0950. The quantitative estimate of drug-likeness (QED) is 0.668. The zero-order valence-corrected chi connectivity index (χ0v) is 15.2. The molecule has 3 aromatic rings. The molecule has 1 aromatic heterocycles. The Balaban J connectivity index is 1.64. The molecule has 0 atom stereocenters. The third kappa shape index (κ3) is 4.76. The third-order valence-corrected chi connectivity index (χ3v) is 3.99. The molecule has 2 aromatic carbocycles. The largest absolute Gasteiger partial charge is 0.497 e. The Morgan fingerprint density at radius 3 is 2.48 bits per heavy atom. The molecule has 0 aliphatic heterocycles. The highest BCUT2D eigenvalue weighted by atomic mass is 16.5. The molecule has 0 saturated heterocycles. The maximum Gasteiger partial charge on any atom is 0.253 e.